The van der Waals surface area contributed by atoms with Crippen molar-refractivity contribution in [3.8, 4) is 0 Å². The summed E-state index contributed by atoms with van der Waals surface area (Å²) in [6, 6.07) is 2.90. The van der Waals surface area contributed by atoms with Crippen LogP contribution < -0.4 is 5.32 Å². The molecule has 2 aliphatic carbocycles. The molecular weight excluding hydrogens is 330 g/mol. The van der Waals surface area contributed by atoms with E-state index in [-0.39, 0.29) is 0 Å². The van der Waals surface area contributed by atoms with Crippen LogP contribution in [0.15, 0.2) is 9.85 Å². The van der Waals surface area contributed by atoms with Gasteiger partial charge in [0.2, 0.25) is 0 Å². The summed E-state index contributed by atoms with van der Waals surface area (Å²) in [6.07, 6.45) is 10.3. The molecule has 1 heterocycles. The van der Waals surface area contributed by atoms with Gasteiger partial charge in [0.05, 0.1) is 3.79 Å². The van der Waals surface area contributed by atoms with Crippen molar-refractivity contribution in [2.24, 2.45) is 17.8 Å². The third kappa shape index (κ3) is 3.00. The van der Waals surface area contributed by atoms with E-state index in [1.165, 1.54) is 59.2 Å². The minimum absolute atomic E-state index is 0.556. The van der Waals surface area contributed by atoms with Crippen LogP contribution in [-0.4, -0.2) is 7.05 Å². The van der Waals surface area contributed by atoms with Crippen LogP contribution in [0.5, 0.6) is 0 Å². The summed E-state index contributed by atoms with van der Waals surface area (Å²) in [5.74, 6) is 2.90. The van der Waals surface area contributed by atoms with Gasteiger partial charge in [-0.25, -0.2) is 0 Å². The lowest BCUT2D eigenvalue weighted by atomic mass is 9.65. The Balaban J connectivity index is 1.75. The molecule has 2 aliphatic rings. The molecule has 112 valence electrons. The van der Waals surface area contributed by atoms with Crippen LogP contribution in [0.25, 0.3) is 0 Å². The molecule has 0 aliphatic heterocycles. The van der Waals surface area contributed by atoms with E-state index in [2.05, 4.69) is 41.3 Å². The number of hydrogen-bond acceptors (Lipinski definition) is 2. The summed E-state index contributed by atoms with van der Waals surface area (Å²) in [5.41, 5.74) is 1.53. The summed E-state index contributed by atoms with van der Waals surface area (Å²) in [7, 11) is 2.14. The Morgan fingerprint density at radius 2 is 1.95 bits per heavy atom. The average Bonchev–Trinajstić information content (AvgIpc) is 2.78. The maximum absolute atomic E-state index is 3.65. The molecular formula is C17H26BrNS. The normalized spacial score (nSPS) is 31.9. The van der Waals surface area contributed by atoms with Crippen LogP contribution in [0.3, 0.4) is 0 Å². The predicted octanol–water partition coefficient (Wildman–Crippen LogP) is 5.69. The minimum atomic E-state index is 0.556. The van der Waals surface area contributed by atoms with Crippen LogP contribution in [0.1, 0.15) is 61.4 Å². The second kappa shape index (κ2) is 6.50. The van der Waals surface area contributed by atoms with Crippen molar-refractivity contribution < 1.29 is 0 Å². The van der Waals surface area contributed by atoms with Gasteiger partial charge in [-0.15, -0.1) is 11.3 Å². The number of thiophene rings is 1. The minimum Gasteiger partial charge on any atom is -0.313 e. The third-order valence-electron chi connectivity index (χ3n) is 5.62. The molecule has 1 aromatic heterocycles. The highest BCUT2D eigenvalue weighted by atomic mass is 79.9. The van der Waals surface area contributed by atoms with E-state index in [9.17, 15) is 0 Å². The van der Waals surface area contributed by atoms with Crippen LogP contribution in [0.2, 0.25) is 0 Å². The van der Waals surface area contributed by atoms with Crippen molar-refractivity contribution in [3.05, 3.63) is 20.3 Å². The molecule has 0 amide bonds. The van der Waals surface area contributed by atoms with E-state index < -0.39 is 0 Å². The summed E-state index contributed by atoms with van der Waals surface area (Å²) in [5, 5.41) is 3.62. The lowest BCUT2D eigenvalue weighted by Gasteiger charge is -2.42. The number of hydrogen-bond donors (Lipinski definition) is 1. The Hall–Kier alpha value is 0.140. The largest absolute Gasteiger partial charge is 0.313 e. The molecule has 0 radical (unpaired) electrons. The topological polar surface area (TPSA) is 12.0 Å². The standard InChI is InChI=1S/C17H26BrNS/c1-11-15(10-16(18)20-11)17(19-2)14-8-7-12-5-3-4-6-13(12)9-14/h10,12-14,17,19H,3-9H2,1-2H3. The van der Waals surface area contributed by atoms with Gasteiger partial charge in [0, 0.05) is 10.9 Å². The van der Waals surface area contributed by atoms with Crippen molar-refractivity contribution in [2.75, 3.05) is 7.05 Å². The molecule has 1 N–H and O–H groups in total. The van der Waals surface area contributed by atoms with E-state index in [1.54, 1.807) is 0 Å². The van der Waals surface area contributed by atoms with Crippen LogP contribution >= 0.6 is 27.3 Å². The zero-order valence-corrected chi connectivity index (χ0v) is 15.0. The fourth-order valence-electron chi connectivity index (χ4n) is 4.62. The maximum Gasteiger partial charge on any atom is 0.0704 e. The zero-order chi connectivity index (χ0) is 14.1. The first kappa shape index (κ1) is 15.1. The van der Waals surface area contributed by atoms with E-state index in [1.807, 2.05) is 11.3 Å². The lowest BCUT2D eigenvalue weighted by Crippen LogP contribution is -2.34. The number of rotatable bonds is 3. The molecule has 0 bridgehead atoms. The predicted molar refractivity (Wildman–Crippen MR) is 91.3 cm³/mol. The molecule has 1 nitrogen and oxygen atoms in total. The molecule has 4 unspecified atom stereocenters. The van der Waals surface area contributed by atoms with Gasteiger partial charge in [-0.3, -0.25) is 0 Å². The Morgan fingerprint density at radius 1 is 1.20 bits per heavy atom. The van der Waals surface area contributed by atoms with Gasteiger partial charge < -0.3 is 5.32 Å². The number of fused-ring (bicyclic) bond motifs is 1. The Kier molecular flexibility index (Phi) is 4.89. The lowest BCUT2D eigenvalue weighted by molar-refractivity contribution is 0.111. The Morgan fingerprint density at radius 3 is 2.60 bits per heavy atom. The van der Waals surface area contributed by atoms with Crippen molar-refractivity contribution >= 4 is 27.3 Å². The summed E-state index contributed by atoms with van der Waals surface area (Å²) in [4.78, 5) is 1.47. The van der Waals surface area contributed by atoms with Crippen LogP contribution in [0, 0.1) is 24.7 Å². The van der Waals surface area contributed by atoms with Gasteiger partial charge in [0.1, 0.15) is 0 Å². The Bertz CT molecular complexity index is 456. The summed E-state index contributed by atoms with van der Waals surface area (Å²) >= 11 is 5.53. The third-order valence-corrected chi connectivity index (χ3v) is 7.19. The fraction of sp³-hybridized carbons (Fsp3) is 0.765. The quantitative estimate of drug-likeness (QED) is 0.734. The second-order valence-corrected chi connectivity index (χ2v) is 9.34. The fourth-order valence-corrected chi connectivity index (χ4v) is 6.38. The summed E-state index contributed by atoms with van der Waals surface area (Å²) in [6.45, 7) is 2.27. The molecule has 1 aromatic rings. The smallest absolute Gasteiger partial charge is 0.0704 e. The molecule has 0 saturated heterocycles. The number of nitrogens with one attached hydrogen (secondary N) is 1. The molecule has 20 heavy (non-hydrogen) atoms. The van der Waals surface area contributed by atoms with Crippen LogP contribution in [0.4, 0.5) is 0 Å². The first-order valence-electron chi connectivity index (χ1n) is 8.12. The highest BCUT2D eigenvalue weighted by molar-refractivity contribution is 9.11. The van der Waals surface area contributed by atoms with Gasteiger partial charge >= 0.3 is 0 Å². The molecule has 2 saturated carbocycles. The molecule has 4 atom stereocenters. The SMILES string of the molecule is CNC(c1cc(Br)sc1C)C1CCC2CCCCC2C1. The van der Waals surface area contributed by atoms with Gasteiger partial charge in [-0.1, -0.05) is 25.7 Å². The van der Waals surface area contributed by atoms with E-state index in [4.69, 9.17) is 0 Å². The van der Waals surface area contributed by atoms with Crippen molar-refractivity contribution in [2.45, 2.75) is 57.9 Å². The highest BCUT2D eigenvalue weighted by Gasteiger charge is 2.36. The highest BCUT2D eigenvalue weighted by Crippen LogP contribution is 2.47. The number of halogens is 1. The first-order valence-corrected chi connectivity index (χ1v) is 9.73. The molecule has 0 spiro atoms. The molecule has 3 rings (SSSR count). The average molecular weight is 356 g/mol. The summed E-state index contributed by atoms with van der Waals surface area (Å²) < 4.78 is 1.27. The first-order chi connectivity index (χ1) is 9.69. The Labute approximate surface area is 135 Å². The van der Waals surface area contributed by atoms with Gasteiger partial charge in [-0.05, 0) is 78.5 Å². The molecule has 2 fully saturated rings. The second-order valence-electron chi connectivity index (χ2n) is 6.71. The monoisotopic (exact) mass is 355 g/mol. The van der Waals surface area contributed by atoms with Gasteiger partial charge in [0.25, 0.3) is 0 Å². The van der Waals surface area contributed by atoms with Gasteiger partial charge in [-0.2, -0.15) is 0 Å². The zero-order valence-electron chi connectivity index (χ0n) is 12.6. The number of aryl methyl sites for hydroxylation is 1. The molecule has 3 heteroatoms. The van der Waals surface area contributed by atoms with E-state index >= 15 is 0 Å². The molecule has 0 aromatic carbocycles. The van der Waals surface area contributed by atoms with Crippen molar-refractivity contribution in [3.63, 3.8) is 0 Å². The van der Waals surface area contributed by atoms with Crippen molar-refractivity contribution in [1.82, 2.24) is 5.32 Å². The van der Waals surface area contributed by atoms with Crippen molar-refractivity contribution in [1.29, 1.82) is 0 Å². The van der Waals surface area contributed by atoms with E-state index in [0.29, 0.717) is 6.04 Å². The van der Waals surface area contributed by atoms with Crippen LogP contribution in [-0.2, 0) is 0 Å². The van der Waals surface area contributed by atoms with E-state index in [0.717, 1.165) is 17.8 Å². The maximum atomic E-state index is 3.65. The van der Waals surface area contributed by atoms with Gasteiger partial charge in [0.15, 0.2) is 0 Å².